The molecule has 2 aromatic rings. The summed E-state index contributed by atoms with van der Waals surface area (Å²) in [5.74, 6) is -0.350. The largest absolute Gasteiger partial charge is 0.481 e. The fourth-order valence-electron chi connectivity index (χ4n) is 2.15. The second kappa shape index (κ2) is 8.71. The standard InChI is InChI=1S/C18H17Cl2NO3/c1-12(22)15-9-14(19)10-16(20)18(15)24-11-17(23)21-8-7-13-5-3-2-4-6-13/h2-6,9-10H,7-8,11H2,1H3,(H,21,23). The van der Waals surface area contributed by atoms with E-state index in [4.69, 9.17) is 27.9 Å². The smallest absolute Gasteiger partial charge is 0.257 e. The number of hydrogen-bond donors (Lipinski definition) is 1. The molecule has 24 heavy (non-hydrogen) atoms. The van der Waals surface area contributed by atoms with Crippen molar-refractivity contribution in [2.45, 2.75) is 13.3 Å². The van der Waals surface area contributed by atoms with E-state index in [1.54, 1.807) is 0 Å². The van der Waals surface area contributed by atoms with E-state index in [1.165, 1.54) is 19.1 Å². The van der Waals surface area contributed by atoms with Crippen molar-refractivity contribution < 1.29 is 14.3 Å². The number of carbonyl (C=O) groups excluding carboxylic acids is 2. The number of benzene rings is 2. The van der Waals surface area contributed by atoms with E-state index in [2.05, 4.69) is 5.32 Å². The summed E-state index contributed by atoms with van der Waals surface area (Å²) >= 11 is 11.9. The lowest BCUT2D eigenvalue weighted by atomic mass is 10.1. The van der Waals surface area contributed by atoms with Crippen molar-refractivity contribution in [3.05, 3.63) is 63.6 Å². The number of Topliss-reactive ketones (excluding diaryl/α,β-unsaturated/α-hetero) is 1. The Labute approximate surface area is 150 Å². The van der Waals surface area contributed by atoms with E-state index < -0.39 is 0 Å². The maximum absolute atomic E-state index is 11.9. The van der Waals surface area contributed by atoms with Gasteiger partial charge in [-0.3, -0.25) is 9.59 Å². The molecule has 4 nitrogen and oxygen atoms in total. The molecule has 0 saturated heterocycles. The molecule has 0 saturated carbocycles. The van der Waals surface area contributed by atoms with Crippen molar-refractivity contribution in [3.63, 3.8) is 0 Å². The van der Waals surface area contributed by atoms with Crippen LogP contribution in [0, 0.1) is 0 Å². The summed E-state index contributed by atoms with van der Waals surface area (Å²) in [5.41, 5.74) is 1.39. The highest BCUT2D eigenvalue weighted by atomic mass is 35.5. The molecule has 0 radical (unpaired) electrons. The van der Waals surface area contributed by atoms with Crippen LogP contribution in [0.3, 0.4) is 0 Å². The summed E-state index contributed by atoms with van der Waals surface area (Å²) in [6.07, 6.45) is 0.729. The summed E-state index contributed by atoms with van der Waals surface area (Å²) < 4.78 is 5.43. The molecule has 0 spiro atoms. The van der Waals surface area contributed by atoms with Gasteiger partial charge < -0.3 is 10.1 Å². The maximum atomic E-state index is 11.9. The lowest BCUT2D eigenvalue weighted by molar-refractivity contribution is -0.123. The van der Waals surface area contributed by atoms with Crippen LogP contribution in [0.25, 0.3) is 0 Å². The Kier molecular flexibility index (Phi) is 6.64. The van der Waals surface area contributed by atoms with Gasteiger partial charge in [0.1, 0.15) is 5.75 Å². The molecule has 0 aromatic heterocycles. The van der Waals surface area contributed by atoms with Crippen LogP contribution >= 0.6 is 23.2 Å². The monoisotopic (exact) mass is 365 g/mol. The van der Waals surface area contributed by atoms with Gasteiger partial charge in [0, 0.05) is 11.6 Å². The van der Waals surface area contributed by atoms with Gasteiger partial charge in [-0.1, -0.05) is 53.5 Å². The fraction of sp³-hybridized carbons (Fsp3) is 0.222. The zero-order chi connectivity index (χ0) is 17.5. The molecule has 1 N–H and O–H groups in total. The third kappa shape index (κ3) is 5.25. The van der Waals surface area contributed by atoms with Crippen LogP contribution in [0.2, 0.25) is 10.0 Å². The third-order valence-electron chi connectivity index (χ3n) is 3.31. The number of ether oxygens (including phenoxy) is 1. The number of hydrogen-bond acceptors (Lipinski definition) is 3. The fourth-order valence-corrected chi connectivity index (χ4v) is 2.70. The number of halogens is 2. The van der Waals surface area contributed by atoms with E-state index in [0.29, 0.717) is 11.6 Å². The molecule has 2 rings (SSSR count). The number of ketones is 1. The highest BCUT2D eigenvalue weighted by Gasteiger charge is 2.15. The van der Waals surface area contributed by atoms with Gasteiger partial charge in [-0.05, 0) is 31.0 Å². The Hall–Kier alpha value is -2.04. The summed E-state index contributed by atoms with van der Waals surface area (Å²) in [6.45, 7) is 1.66. The zero-order valence-corrected chi connectivity index (χ0v) is 14.7. The Bertz CT molecular complexity index is 733. The van der Waals surface area contributed by atoms with Crippen LogP contribution in [0.15, 0.2) is 42.5 Å². The average molecular weight is 366 g/mol. The first kappa shape index (κ1) is 18.3. The molecule has 0 bridgehead atoms. The number of carbonyl (C=O) groups is 2. The summed E-state index contributed by atoms with van der Waals surface area (Å²) in [4.78, 5) is 23.5. The predicted molar refractivity (Wildman–Crippen MR) is 95.1 cm³/mol. The Morgan fingerprint density at radius 2 is 1.83 bits per heavy atom. The molecular weight excluding hydrogens is 349 g/mol. The van der Waals surface area contributed by atoms with Crippen molar-refractivity contribution in [1.29, 1.82) is 0 Å². The predicted octanol–water partition coefficient (Wildman–Crippen LogP) is 3.93. The van der Waals surface area contributed by atoms with Gasteiger partial charge in [0.15, 0.2) is 12.4 Å². The van der Waals surface area contributed by atoms with Crippen molar-refractivity contribution >= 4 is 34.9 Å². The Morgan fingerprint density at radius 1 is 1.12 bits per heavy atom. The first-order valence-electron chi connectivity index (χ1n) is 7.41. The molecule has 6 heteroatoms. The molecule has 0 aliphatic heterocycles. The van der Waals surface area contributed by atoms with Gasteiger partial charge >= 0.3 is 0 Å². The minimum atomic E-state index is -0.286. The van der Waals surface area contributed by atoms with Crippen LogP contribution in [-0.2, 0) is 11.2 Å². The molecule has 0 fully saturated rings. The van der Waals surface area contributed by atoms with E-state index in [0.717, 1.165) is 12.0 Å². The molecule has 2 aromatic carbocycles. The van der Waals surface area contributed by atoms with Gasteiger partial charge in [0.25, 0.3) is 5.91 Å². The summed E-state index contributed by atoms with van der Waals surface area (Å²) in [7, 11) is 0. The number of amides is 1. The minimum absolute atomic E-state index is 0.173. The normalized spacial score (nSPS) is 10.3. The van der Waals surface area contributed by atoms with Crippen molar-refractivity contribution in [3.8, 4) is 5.75 Å². The van der Waals surface area contributed by atoms with Crippen molar-refractivity contribution in [1.82, 2.24) is 5.32 Å². The van der Waals surface area contributed by atoms with E-state index in [1.807, 2.05) is 30.3 Å². The van der Waals surface area contributed by atoms with Crippen LogP contribution < -0.4 is 10.1 Å². The molecule has 0 heterocycles. The average Bonchev–Trinajstić information content (AvgIpc) is 2.54. The van der Waals surface area contributed by atoms with E-state index >= 15 is 0 Å². The second-order valence-corrected chi connectivity index (χ2v) is 6.04. The van der Waals surface area contributed by atoms with Gasteiger partial charge in [-0.15, -0.1) is 0 Å². The number of nitrogens with one attached hydrogen (secondary N) is 1. The van der Waals surface area contributed by atoms with Crippen LogP contribution in [0.5, 0.6) is 5.75 Å². The quantitative estimate of drug-likeness (QED) is 0.756. The highest BCUT2D eigenvalue weighted by molar-refractivity contribution is 6.36. The Morgan fingerprint density at radius 3 is 2.50 bits per heavy atom. The molecule has 0 aliphatic carbocycles. The highest BCUT2D eigenvalue weighted by Crippen LogP contribution is 2.32. The molecule has 0 aliphatic rings. The minimum Gasteiger partial charge on any atom is -0.481 e. The SMILES string of the molecule is CC(=O)c1cc(Cl)cc(Cl)c1OCC(=O)NCCc1ccccc1. The van der Waals surface area contributed by atoms with Gasteiger partial charge in [-0.2, -0.15) is 0 Å². The zero-order valence-electron chi connectivity index (χ0n) is 13.1. The Balaban J connectivity index is 1.89. The number of rotatable bonds is 7. The van der Waals surface area contributed by atoms with Crippen LogP contribution in [-0.4, -0.2) is 24.8 Å². The third-order valence-corrected chi connectivity index (χ3v) is 3.81. The first-order chi connectivity index (χ1) is 11.5. The van der Waals surface area contributed by atoms with E-state index in [-0.39, 0.29) is 34.6 Å². The molecular formula is C18H17Cl2NO3. The van der Waals surface area contributed by atoms with Gasteiger partial charge in [-0.25, -0.2) is 0 Å². The summed E-state index contributed by atoms with van der Waals surface area (Å²) in [5, 5.41) is 3.30. The topological polar surface area (TPSA) is 55.4 Å². The first-order valence-corrected chi connectivity index (χ1v) is 8.16. The maximum Gasteiger partial charge on any atom is 0.257 e. The van der Waals surface area contributed by atoms with Crippen molar-refractivity contribution in [2.24, 2.45) is 0 Å². The van der Waals surface area contributed by atoms with E-state index in [9.17, 15) is 9.59 Å². The van der Waals surface area contributed by atoms with Crippen LogP contribution in [0.4, 0.5) is 0 Å². The summed E-state index contributed by atoms with van der Waals surface area (Å²) in [6, 6.07) is 12.8. The molecule has 0 atom stereocenters. The molecule has 1 amide bonds. The lowest BCUT2D eigenvalue weighted by Crippen LogP contribution is -2.30. The van der Waals surface area contributed by atoms with Crippen molar-refractivity contribution in [2.75, 3.05) is 13.2 Å². The van der Waals surface area contributed by atoms with Gasteiger partial charge in [0.05, 0.1) is 10.6 Å². The molecule has 126 valence electrons. The second-order valence-electron chi connectivity index (χ2n) is 5.19. The van der Waals surface area contributed by atoms with Crippen LogP contribution in [0.1, 0.15) is 22.8 Å². The lowest BCUT2D eigenvalue weighted by Gasteiger charge is -2.12. The molecule has 0 unspecified atom stereocenters. The van der Waals surface area contributed by atoms with Gasteiger partial charge in [0.2, 0.25) is 0 Å².